The molecule has 0 radical (unpaired) electrons. The fourth-order valence-electron chi connectivity index (χ4n) is 3.71. The molecule has 1 heterocycles. The largest absolute Gasteiger partial charge is 0.496 e. The molecule has 8 heteroatoms. The molecule has 3 aromatic carbocycles. The first kappa shape index (κ1) is 22.6. The van der Waals surface area contributed by atoms with Gasteiger partial charge < -0.3 is 19.2 Å². The van der Waals surface area contributed by atoms with Gasteiger partial charge in [-0.3, -0.25) is 14.9 Å². The summed E-state index contributed by atoms with van der Waals surface area (Å²) >= 11 is 0. The van der Waals surface area contributed by atoms with Gasteiger partial charge in [0.15, 0.2) is 0 Å². The number of amides is 1. The van der Waals surface area contributed by atoms with Gasteiger partial charge in [-0.1, -0.05) is 30.3 Å². The number of nitrogens with one attached hydrogen (secondary N) is 1. The predicted molar refractivity (Wildman–Crippen MR) is 130 cm³/mol. The quantitative estimate of drug-likeness (QED) is 0.205. The maximum absolute atomic E-state index is 12.7. The fraction of sp³-hybridized carbons (Fsp3) is 0.115. The highest BCUT2D eigenvalue weighted by Crippen LogP contribution is 2.37. The van der Waals surface area contributed by atoms with Crippen LogP contribution >= 0.6 is 0 Å². The average Bonchev–Trinajstić information content (AvgIpc) is 3.26. The maximum Gasteiger partial charge on any atom is 0.273 e. The van der Waals surface area contributed by atoms with Crippen molar-refractivity contribution in [3.05, 3.63) is 88.7 Å². The Morgan fingerprint density at radius 1 is 1.03 bits per heavy atom. The number of hydrogen-bond donors (Lipinski definition) is 1. The number of non-ortho nitro benzene ring substituents is 1. The van der Waals surface area contributed by atoms with Crippen LogP contribution < -0.4 is 14.8 Å². The number of ether oxygens (including phenoxy) is 2. The molecule has 0 saturated heterocycles. The lowest BCUT2D eigenvalue weighted by molar-refractivity contribution is -0.384. The van der Waals surface area contributed by atoms with Gasteiger partial charge in [0.05, 0.1) is 37.2 Å². The number of methoxy groups -OCH3 is 2. The van der Waals surface area contributed by atoms with Crippen LogP contribution in [0.15, 0.2) is 77.4 Å². The van der Waals surface area contributed by atoms with E-state index in [-0.39, 0.29) is 11.4 Å². The normalized spacial score (nSPS) is 11.3. The van der Waals surface area contributed by atoms with Gasteiger partial charge in [0.25, 0.3) is 5.69 Å². The van der Waals surface area contributed by atoms with Crippen LogP contribution in [0.4, 0.5) is 11.4 Å². The van der Waals surface area contributed by atoms with Crippen LogP contribution in [-0.4, -0.2) is 25.1 Å². The second-order valence-corrected chi connectivity index (χ2v) is 7.52. The standard InChI is InChI=1S/C26H22N2O6/c1-16(11-26(29)27-22-10-9-18(28(30)31)12-25(22)33-3)19-13-20-21(17-7-5-4-6-8-17)15-34-24(20)14-23(19)32-2/h4-15H,1-3H3,(H,27,29)/b16-11+. The third-order valence-corrected chi connectivity index (χ3v) is 5.41. The molecule has 0 fully saturated rings. The van der Waals surface area contributed by atoms with Crippen molar-refractivity contribution in [3.8, 4) is 22.6 Å². The topological polar surface area (TPSA) is 104 Å². The number of carbonyl (C=O) groups excluding carboxylic acids is 1. The van der Waals surface area contributed by atoms with E-state index in [0.29, 0.717) is 22.6 Å². The Balaban J connectivity index is 1.67. The number of rotatable bonds is 7. The van der Waals surface area contributed by atoms with E-state index in [2.05, 4.69) is 5.32 Å². The number of benzene rings is 3. The van der Waals surface area contributed by atoms with E-state index in [9.17, 15) is 14.9 Å². The summed E-state index contributed by atoms with van der Waals surface area (Å²) < 4.78 is 16.5. The van der Waals surface area contributed by atoms with Gasteiger partial charge in [-0.05, 0) is 30.2 Å². The minimum atomic E-state index is -0.528. The number of fused-ring (bicyclic) bond motifs is 1. The molecule has 0 bridgehead atoms. The number of anilines is 1. The number of nitrogens with zero attached hydrogens (tertiary/aromatic N) is 1. The van der Waals surface area contributed by atoms with E-state index in [4.69, 9.17) is 13.9 Å². The van der Waals surface area contributed by atoms with Crippen molar-refractivity contribution < 1.29 is 23.6 Å². The fourth-order valence-corrected chi connectivity index (χ4v) is 3.71. The summed E-state index contributed by atoms with van der Waals surface area (Å²) in [5.74, 6) is 0.344. The summed E-state index contributed by atoms with van der Waals surface area (Å²) in [6.45, 7) is 1.80. The minimum Gasteiger partial charge on any atom is -0.496 e. The molecule has 0 aliphatic heterocycles. The molecule has 0 saturated carbocycles. The first-order valence-electron chi connectivity index (χ1n) is 10.4. The van der Waals surface area contributed by atoms with Gasteiger partial charge in [0, 0.05) is 34.7 Å². The van der Waals surface area contributed by atoms with Gasteiger partial charge in [-0.15, -0.1) is 0 Å². The predicted octanol–water partition coefficient (Wildman–Crippen LogP) is 6.07. The maximum atomic E-state index is 12.7. The molecule has 172 valence electrons. The molecule has 0 aliphatic carbocycles. The van der Waals surface area contributed by atoms with E-state index < -0.39 is 10.8 Å². The highest BCUT2D eigenvalue weighted by Gasteiger charge is 2.16. The van der Waals surface area contributed by atoms with Crippen molar-refractivity contribution in [3.63, 3.8) is 0 Å². The lowest BCUT2D eigenvalue weighted by atomic mass is 9.99. The highest BCUT2D eigenvalue weighted by molar-refractivity contribution is 6.06. The van der Waals surface area contributed by atoms with E-state index >= 15 is 0 Å². The monoisotopic (exact) mass is 458 g/mol. The molecule has 0 spiro atoms. The van der Waals surface area contributed by atoms with E-state index in [0.717, 1.165) is 22.1 Å². The SMILES string of the molecule is COc1cc([N+](=O)[O-])ccc1NC(=O)/C=C(\C)c1cc2c(-c3ccccc3)coc2cc1OC. The van der Waals surface area contributed by atoms with Crippen LogP contribution in [0.3, 0.4) is 0 Å². The third-order valence-electron chi connectivity index (χ3n) is 5.41. The van der Waals surface area contributed by atoms with Crippen LogP contribution in [0.25, 0.3) is 27.7 Å². The Labute approximate surface area is 195 Å². The zero-order chi connectivity index (χ0) is 24.2. The lowest BCUT2D eigenvalue weighted by Crippen LogP contribution is -2.10. The summed E-state index contributed by atoms with van der Waals surface area (Å²) in [7, 11) is 2.94. The van der Waals surface area contributed by atoms with Crippen molar-refractivity contribution in [2.45, 2.75) is 6.92 Å². The molecule has 34 heavy (non-hydrogen) atoms. The van der Waals surface area contributed by atoms with Gasteiger partial charge in [0.1, 0.15) is 17.1 Å². The molecular weight excluding hydrogens is 436 g/mol. The Kier molecular flexibility index (Phi) is 6.31. The summed E-state index contributed by atoms with van der Waals surface area (Å²) in [5.41, 5.74) is 4.22. The smallest absolute Gasteiger partial charge is 0.273 e. The second kappa shape index (κ2) is 9.50. The zero-order valence-corrected chi connectivity index (χ0v) is 18.8. The molecule has 4 rings (SSSR count). The minimum absolute atomic E-state index is 0.131. The number of nitro benzene ring substituents is 1. The Morgan fingerprint density at radius 2 is 1.76 bits per heavy atom. The summed E-state index contributed by atoms with van der Waals surface area (Å²) in [6.07, 6.45) is 3.14. The third kappa shape index (κ3) is 4.47. The molecule has 1 aromatic heterocycles. The second-order valence-electron chi connectivity index (χ2n) is 7.52. The first-order valence-corrected chi connectivity index (χ1v) is 10.4. The molecule has 0 aliphatic rings. The molecule has 1 N–H and O–H groups in total. The molecule has 8 nitrogen and oxygen atoms in total. The lowest BCUT2D eigenvalue weighted by Gasteiger charge is -2.11. The van der Waals surface area contributed by atoms with Crippen LogP contribution in [0, 0.1) is 10.1 Å². The number of carbonyl (C=O) groups is 1. The highest BCUT2D eigenvalue weighted by atomic mass is 16.6. The molecular formula is C26H22N2O6. The summed E-state index contributed by atoms with van der Waals surface area (Å²) in [5, 5.41) is 14.6. The van der Waals surface area contributed by atoms with Crippen molar-refractivity contribution in [1.29, 1.82) is 0 Å². The summed E-state index contributed by atoms with van der Waals surface area (Å²) in [4.78, 5) is 23.2. The Bertz CT molecular complexity index is 1410. The van der Waals surface area contributed by atoms with Gasteiger partial charge >= 0.3 is 0 Å². The van der Waals surface area contributed by atoms with Crippen molar-refractivity contribution in [2.24, 2.45) is 0 Å². The number of nitro groups is 1. The Hall–Kier alpha value is -4.59. The van der Waals surface area contributed by atoms with Gasteiger partial charge in [0.2, 0.25) is 5.91 Å². The van der Waals surface area contributed by atoms with Crippen molar-refractivity contribution in [1.82, 2.24) is 0 Å². The van der Waals surface area contributed by atoms with Crippen LogP contribution in [-0.2, 0) is 4.79 Å². The Morgan fingerprint density at radius 3 is 2.44 bits per heavy atom. The zero-order valence-electron chi connectivity index (χ0n) is 18.8. The molecule has 0 atom stereocenters. The van der Waals surface area contributed by atoms with E-state index in [1.807, 2.05) is 36.4 Å². The van der Waals surface area contributed by atoms with E-state index in [1.54, 1.807) is 26.4 Å². The number of allylic oxidation sites excluding steroid dienone is 1. The van der Waals surface area contributed by atoms with Crippen LogP contribution in [0.5, 0.6) is 11.5 Å². The summed E-state index contributed by atoms with van der Waals surface area (Å²) in [6, 6.07) is 17.6. The first-order chi connectivity index (χ1) is 16.4. The molecule has 0 unspecified atom stereocenters. The van der Waals surface area contributed by atoms with Crippen LogP contribution in [0.2, 0.25) is 0 Å². The van der Waals surface area contributed by atoms with Gasteiger partial charge in [-0.25, -0.2) is 0 Å². The van der Waals surface area contributed by atoms with Gasteiger partial charge in [-0.2, -0.15) is 0 Å². The van der Waals surface area contributed by atoms with E-state index in [1.165, 1.54) is 31.4 Å². The molecule has 1 amide bonds. The average molecular weight is 458 g/mol. The molecule has 4 aromatic rings. The van der Waals surface area contributed by atoms with Crippen molar-refractivity contribution >= 4 is 33.8 Å². The number of hydrogen-bond acceptors (Lipinski definition) is 6. The number of furan rings is 1. The van der Waals surface area contributed by atoms with Crippen LogP contribution in [0.1, 0.15) is 12.5 Å². The van der Waals surface area contributed by atoms with Crippen molar-refractivity contribution in [2.75, 3.05) is 19.5 Å².